The van der Waals surface area contributed by atoms with Crippen LogP contribution in [0.2, 0.25) is 0 Å². The van der Waals surface area contributed by atoms with E-state index < -0.39 is 0 Å². The molecule has 0 aliphatic carbocycles. The van der Waals surface area contributed by atoms with Gasteiger partial charge in [-0.05, 0) is 40.2 Å². The molecule has 5 heterocycles. The van der Waals surface area contributed by atoms with E-state index in [1.807, 2.05) is 41.3 Å². The average molecular weight is 479 g/mol. The Morgan fingerprint density at radius 3 is 3.00 bits per heavy atom. The third-order valence-corrected chi connectivity index (χ3v) is 7.15. The standard InChI is InChI=1S/C21H15BrN6OS/c22-17-7-3-5-15-12(10-25-28(15)17)21(29)27-9-8-14-18(24-11-23-14)19(27)20-26-13-4-1-2-6-16(13)30-20/h1-7,10-11,19H,8-9H2,(H,23,24)/t19-/m0/s1. The van der Waals surface area contributed by atoms with Gasteiger partial charge in [0.05, 0.1) is 39.5 Å². The van der Waals surface area contributed by atoms with Gasteiger partial charge in [0.15, 0.2) is 0 Å². The molecule has 4 aromatic heterocycles. The first-order valence-electron chi connectivity index (χ1n) is 9.51. The van der Waals surface area contributed by atoms with E-state index in [1.54, 1.807) is 28.4 Å². The molecule has 1 aromatic carbocycles. The number of fused-ring (bicyclic) bond motifs is 3. The lowest BCUT2D eigenvalue weighted by Gasteiger charge is -2.33. The summed E-state index contributed by atoms with van der Waals surface area (Å²) in [5.74, 6) is -0.0685. The molecule has 1 N–H and O–H groups in total. The monoisotopic (exact) mass is 478 g/mol. The molecule has 0 radical (unpaired) electrons. The predicted molar refractivity (Wildman–Crippen MR) is 118 cm³/mol. The Morgan fingerprint density at radius 1 is 1.20 bits per heavy atom. The maximum Gasteiger partial charge on any atom is 0.258 e. The van der Waals surface area contributed by atoms with Gasteiger partial charge in [0, 0.05) is 18.7 Å². The van der Waals surface area contributed by atoms with Gasteiger partial charge in [-0.2, -0.15) is 5.10 Å². The summed E-state index contributed by atoms with van der Waals surface area (Å²) in [5, 5.41) is 5.26. The van der Waals surface area contributed by atoms with Gasteiger partial charge in [0.2, 0.25) is 0 Å². The fraction of sp³-hybridized carbons (Fsp3) is 0.143. The number of halogens is 1. The van der Waals surface area contributed by atoms with Crippen LogP contribution in [0.3, 0.4) is 0 Å². The summed E-state index contributed by atoms with van der Waals surface area (Å²) in [6.07, 6.45) is 4.06. The number of aromatic amines is 1. The minimum absolute atomic E-state index is 0.0685. The van der Waals surface area contributed by atoms with Crippen LogP contribution in [0, 0.1) is 0 Å². The molecule has 1 atom stereocenters. The Labute approximate surface area is 183 Å². The number of rotatable bonds is 2. The second-order valence-corrected chi connectivity index (χ2v) is 9.02. The molecule has 7 nitrogen and oxygen atoms in total. The second kappa shape index (κ2) is 6.75. The molecule has 0 saturated heterocycles. The minimum atomic E-state index is -0.327. The first-order valence-corrected chi connectivity index (χ1v) is 11.1. The zero-order valence-corrected chi connectivity index (χ0v) is 18.0. The summed E-state index contributed by atoms with van der Waals surface area (Å²) in [6, 6.07) is 13.4. The molecule has 30 heavy (non-hydrogen) atoms. The topological polar surface area (TPSA) is 79.2 Å². The number of thiazole rings is 1. The highest BCUT2D eigenvalue weighted by Gasteiger charge is 2.37. The zero-order chi connectivity index (χ0) is 20.2. The minimum Gasteiger partial charge on any atom is -0.348 e. The number of carbonyl (C=O) groups is 1. The number of benzene rings is 1. The molecule has 0 unspecified atom stereocenters. The van der Waals surface area contributed by atoms with Crippen molar-refractivity contribution in [2.45, 2.75) is 12.5 Å². The maximum absolute atomic E-state index is 13.7. The van der Waals surface area contributed by atoms with Crippen LogP contribution in [0.4, 0.5) is 0 Å². The van der Waals surface area contributed by atoms with Crippen LogP contribution in [-0.4, -0.2) is 41.9 Å². The van der Waals surface area contributed by atoms with E-state index >= 15 is 0 Å². The SMILES string of the molecule is O=C(c1cnn2c(Br)cccc12)N1CCc2[nH]cnc2[C@H]1c1nc2ccccc2s1. The molecule has 148 valence electrons. The van der Waals surface area contributed by atoms with Crippen molar-refractivity contribution in [1.82, 2.24) is 29.5 Å². The summed E-state index contributed by atoms with van der Waals surface area (Å²) in [6.45, 7) is 0.583. The largest absolute Gasteiger partial charge is 0.348 e. The first kappa shape index (κ1) is 17.8. The summed E-state index contributed by atoms with van der Waals surface area (Å²) in [4.78, 5) is 28.2. The molecule has 0 fully saturated rings. The number of imidazole rings is 1. The highest BCUT2D eigenvalue weighted by atomic mass is 79.9. The van der Waals surface area contributed by atoms with E-state index in [0.717, 1.165) is 43.2 Å². The smallest absolute Gasteiger partial charge is 0.258 e. The number of para-hydroxylation sites is 1. The van der Waals surface area contributed by atoms with Gasteiger partial charge in [0.1, 0.15) is 15.7 Å². The first-order chi connectivity index (χ1) is 14.7. The van der Waals surface area contributed by atoms with Crippen molar-refractivity contribution in [2.24, 2.45) is 0 Å². The summed E-state index contributed by atoms with van der Waals surface area (Å²) in [5.41, 5.74) is 4.20. The lowest BCUT2D eigenvalue weighted by Crippen LogP contribution is -2.40. The van der Waals surface area contributed by atoms with Crippen molar-refractivity contribution in [3.63, 3.8) is 0 Å². The fourth-order valence-electron chi connectivity index (χ4n) is 4.05. The van der Waals surface area contributed by atoms with Crippen molar-refractivity contribution in [3.8, 4) is 0 Å². The Hall–Kier alpha value is -3.04. The highest BCUT2D eigenvalue weighted by Crippen LogP contribution is 2.38. The van der Waals surface area contributed by atoms with Crippen molar-refractivity contribution in [2.75, 3.05) is 6.54 Å². The van der Waals surface area contributed by atoms with Gasteiger partial charge in [-0.25, -0.2) is 14.5 Å². The number of H-pyrrole nitrogens is 1. The number of nitrogens with one attached hydrogen (secondary N) is 1. The van der Waals surface area contributed by atoms with Crippen molar-refractivity contribution in [1.29, 1.82) is 0 Å². The van der Waals surface area contributed by atoms with Gasteiger partial charge in [-0.3, -0.25) is 4.79 Å². The maximum atomic E-state index is 13.7. The van der Waals surface area contributed by atoms with Gasteiger partial charge in [-0.15, -0.1) is 11.3 Å². The van der Waals surface area contributed by atoms with Crippen LogP contribution in [0.1, 0.15) is 32.8 Å². The van der Waals surface area contributed by atoms with E-state index in [1.165, 1.54) is 0 Å². The Balaban J connectivity index is 1.49. The number of pyridine rings is 1. The van der Waals surface area contributed by atoms with E-state index in [4.69, 9.17) is 4.98 Å². The normalized spacial score (nSPS) is 16.3. The van der Waals surface area contributed by atoms with Gasteiger partial charge < -0.3 is 9.88 Å². The van der Waals surface area contributed by atoms with Crippen molar-refractivity contribution >= 4 is 48.9 Å². The number of nitrogens with zero attached hydrogens (tertiary/aromatic N) is 5. The number of amides is 1. The number of carbonyl (C=O) groups excluding carboxylic acids is 1. The molecule has 0 bridgehead atoms. The van der Waals surface area contributed by atoms with Gasteiger partial charge in [0.25, 0.3) is 5.91 Å². The van der Waals surface area contributed by atoms with Crippen LogP contribution in [0.5, 0.6) is 0 Å². The summed E-state index contributed by atoms with van der Waals surface area (Å²) < 4.78 is 3.63. The molecule has 0 saturated carbocycles. The summed E-state index contributed by atoms with van der Waals surface area (Å²) >= 11 is 5.10. The van der Waals surface area contributed by atoms with Crippen LogP contribution < -0.4 is 0 Å². The van der Waals surface area contributed by atoms with Gasteiger partial charge in [-0.1, -0.05) is 18.2 Å². The number of hydrogen-bond acceptors (Lipinski definition) is 5. The summed E-state index contributed by atoms with van der Waals surface area (Å²) in [7, 11) is 0. The molecule has 6 rings (SSSR count). The van der Waals surface area contributed by atoms with Crippen LogP contribution in [0.15, 0.2) is 59.6 Å². The molecule has 0 spiro atoms. The fourth-order valence-corrected chi connectivity index (χ4v) is 5.57. The van der Waals surface area contributed by atoms with E-state index in [-0.39, 0.29) is 11.9 Å². The van der Waals surface area contributed by atoms with E-state index in [0.29, 0.717) is 12.1 Å². The van der Waals surface area contributed by atoms with Crippen molar-refractivity contribution in [3.05, 3.63) is 81.6 Å². The third kappa shape index (κ3) is 2.62. The average Bonchev–Trinajstić information content (AvgIpc) is 3.49. The molecule has 9 heteroatoms. The third-order valence-electron chi connectivity index (χ3n) is 5.46. The predicted octanol–water partition coefficient (Wildman–Crippen LogP) is 4.22. The Kier molecular flexibility index (Phi) is 4.00. The van der Waals surface area contributed by atoms with E-state index in [9.17, 15) is 4.79 Å². The van der Waals surface area contributed by atoms with Crippen LogP contribution in [-0.2, 0) is 6.42 Å². The lowest BCUT2D eigenvalue weighted by molar-refractivity contribution is 0.0692. The second-order valence-electron chi connectivity index (χ2n) is 7.14. The molecular formula is C21H15BrN6OS. The zero-order valence-electron chi connectivity index (χ0n) is 15.6. The number of aromatic nitrogens is 5. The Bertz CT molecular complexity index is 1390. The number of hydrogen-bond donors (Lipinski definition) is 1. The molecule has 1 aliphatic rings. The molecular weight excluding hydrogens is 464 g/mol. The Morgan fingerprint density at radius 2 is 2.10 bits per heavy atom. The van der Waals surface area contributed by atoms with Crippen LogP contribution >= 0.6 is 27.3 Å². The molecule has 5 aromatic rings. The highest BCUT2D eigenvalue weighted by molar-refractivity contribution is 9.10. The van der Waals surface area contributed by atoms with E-state index in [2.05, 4.69) is 37.1 Å². The molecule has 1 amide bonds. The lowest BCUT2D eigenvalue weighted by atomic mass is 10.0. The van der Waals surface area contributed by atoms with Crippen molar-refractivity contribution < 1.29 is 4.79 Å². The molecule has 1 aliphatic heterocycles. The quantitative estimate of drug-likeness (QED) is 0.385. The van der Waals surface area contributed by atoms with Crippen LogP contribution in [0.25, 0.3) is 15.7 Å². The van der Waals surface area contributed by atoms with Gasteiger partial charge >= 0.3 is 0 Å².